The van der Waals surface area contributed by atoms with E-state index in [0.29, 0.717) is 32.6 Å². The van der Waals surface area contributed by atoms with E-state index in [-0.39, 0.29) is 0 Å². The van der Waals surface area contributed by atoms with Gasteiger partial charge in [-0.3, -0.25) is 4.28 Å². The van der Waals surface area contributed by atoms with Crippen LogP contribution in [0.5, 0.6) is 11.5 Å². The Balaban J connectivity index is 2.34. The Labute approximate surface area is 144 Å². The third-order valence-electron chi connectivity index (χ3n) is 2.88. The van der Waals surface area contributed by atoms with Gasteiger partial charge in [0, 0.05) is 4.91 Å². The number of ether oxygens (including phenoxy) is 2. The minimum Gasteiger partial charge on any atom is -0.493 e. The number of nitrogens with zero attached hydrogens (tertiary/aromatic N) is 2. The summed E-state index contributed by atoms with van der Waals surface area (Å²) in [6, 6.07) is 7.28. The van der Waals surface area contributed by atoms with Crippen LogP contribution in [0.3, 0.4) is 0 Å². The number of oxime groups is 1. The molecule has 1 aliphatic rings. The molecule has 0 bridgehead atoms. The van der Waals surface area contributed by atoms with E-state index in [0.717, 1.165) is 18.0 Å². The molecule has 0 amide bonds. The van der Waals surface area contributed by atoms with Crippen LogP contribution >= 0.6 is 11.8 Å². The van der Waals surface area contributed by atoms with Crippen LogP contribution < -0.4 is 9.47 Å². The summed E-state index contributed by atoms with van der Waals surface area (Å²) in [5.74, 6) is 1.06. The van der Waals surface area contributed by atoms with Crippen molar-refractivity contribution in [3.8, 4) is 17.6 Å². The van der Waals surface area contributed by atoms with E-state index in [2.05, 4.69) is 15.5 Å². The Morgan fingerprint density at radius 2 is 1.92 bits per heavy atom. The molecule has 0 radical (unpaired) electrons. The van der Waals surface area contributed by atoms with Crippen LogP contribution in [0.2, 0.25) is 0 Å². The second-order valence-corrected chi connectivity index (χ2v) is 7.18. The second-order valence-electron chi connectivity index (χ2n) is 4.56. The van der Waals surface area contributed by atoms with E-state index < -0.39 is 10.1 Å². The van der Waals surface area contributed by atoms with Crippen molar-refractivity contribution < 1.29 is 22.2 Å². The van der Waals surface area contributed by atoms with E-state index >= 15 is 0 Å². The van der Waals surface area contributed by atoms with E-state index in [9.17, 15) is 13.7 Å². The number of nitriles is 1. The van der Waals surface area contributed by atoms with E-state index in [1.807, 2.05) is 0 Å². The SMILES string of the molecule is COc1ccc(C(C#N)=C2C=CC(=NOS(C)(=O)=O)S2)cc1OC. The van der Waals surface area contributed by atoms with Crippen molar-refractivity contribution in [2.45, 2.75) is 0 Å². The van der Waals surface area contributed by atoms with Gasteiger partial charge in [0.1, 0.15) is 11.1 Å². The molecular weight excluding hydrogens is 352 g/mol. The zero-order valence-corrected chi connectivity index (χ0v) is 14.8. The highest BCUT2D eigenvalue weighted by molar-refractivity contribution is 8.18. The van der Waals surface area contributed by atoms with Gasteiger partial charge in [-0.1, -0.05) is 16.9 Å². The molecule has 0 unspecified atom stereocenters. The van der Waals surface area contributed by atoms with Crippen LogP contribution in [0.25, 0.3) is 5.57 Å². The van der Waals surface area contributed by atoms with Crippen molar-refractivity contribution in [3.63, 3.8) is 0 Å². The van der Waals surface area contributed by atoms with E-state index in [1.54, 1.807) is 30.4 Å². The maximum absolute atomic E-state index is 11.0. The van der Waals surface area contributed by atoms with Gasteiger partial charge in [0.05, 0.1) is 26.0 Å². The average Bonchev–Trinajstić information content (AvgIpc) is 3.01. The lowest BCUT2D eigenvalue weighted by molar-refractivity contribution is 0.345. The van der Waals surface area contributed by atoms with Crippen LogP contribution in [-0.4, -0.2) is 33.9 Å². The highest BCUT2D eigenvalue weighted by atomic mass is 32.2. The van der Waals surface area contributed by atoms with Gasteiger partial charge in [0.15, 0.2) is 11.5 Å². The lowest BCUT2D eigenvalue weighted by atomic mass is 10.1. The third-order valence-corrected chi connectivity index (χ3v) is 4.21. The molecule has 0 N–H and O–H groups in total. The van der Waals surface area contributed by atoms with Gasteiger partial charge in [-0.15, -0.1) is 0 Å². The smallest absolute Gasteiger partial charge is 0.325 e. The van der Waals surface area contributed by atoms with E-state index in [4.69, 9.17) is 9.47 Å². The molecule has 0 atom stereocenters. The van der Waals surface area contributed by atoms with Crippen LogP contribution in [0, 0.1) is 11.3 Å². The Kier molecular flexibility index (Phi) is 5.54. The number of allylic oxidation sites excluding steroid dienone is 2. The van der Waals surface area contributed by atoms with Crippen molar-refractivity contribution >= 4 is 32.5 Å². The molecule has 9 heteroatoms. The molecule has 1 aliphatic heterocycles. The van der Waals surface area contributed by atoms with Gasteiger partial charge in [0.2, 0.25) is 0 Å². The van der Waals surface area contributed by atoms with Crippen LogP contribution in [0.1, 0.15) is 5.56 Å². The molecule has 0 aliphatic carbocycles. The van der Waals surface area contributed by atoms with Crippen molar-refractivity contribution in [2.75, 3.05) is 20.5 Å². The molecule has 2 rings (SSSR count). The minimum absolute atomic E-state index is 0.337. The first-order chi connectivity index (χ1) is 11.4. The zero-order valence-electron chi connectivity index (χ0n) is 13.1. The number of rotatable bonds is 5. The van der Waals surface area contributed by atoms with E-state index in [1.165, 1.54) is 14.2 Å². The summed E-state index contributed by atoms with van der Waals surface area (Å²) in [4.78, 5) is 0.626. The molecule has 0 saturated carbocycles. The standard InChI is InChI=1S/C15H14N2O5S2/c1-20-12-5-4-10(8-13(12)21-2)11(9-16)14-6-7-15(23-14)17-22-24(3,18)19/h4-8H,1-3H3. The van der Waals surface area contributed by atoms with Gasteiger partial charge in [0.25, 0.3) is 0 Å². The maximum Gasteiger partial charge on any atom is 0.325 e. The Bertz CT molecular complexity index is 880. The molecule has 0 aromatic heterocycles. The molecule has 1 heterocycles. The third kappa shape index (κ3) is 4.31. The van der Waals surface area contributed by atoms with Crippen LogP contribution in [0.15, 0.2) is 40.4 Å². The Hall–Kier alpha value is -2.44. The lowest BCUT2D eigenvalue weighted by Gasteiger charge is -2.09. The van der Waals surface area contributed by atoms with Gasteiger partial charge in [-0.2, -0.15) is 13.7 Å². The van der Waals surface area contributed by atoms with Gasteiger partial charge >= 0.3 is 10.1 Å². The minimum atomic E-state index is -3.67. The zero-order chi connectivity index (χ0) is 17.7. The Morgan fingerprint density at radius 3 is 2.50 bits per heavy atom. The number of methoxy groups -OCH3 is 2. The number of thioether (sulfide) groups is 1. The maximum atomic E-state index is 11.0. The fourth-order valence-corrected chi connectivity index (χ4v) is 2.97. The van der Waals surface area contributed by atoms with Gasteiger partial charge in [-0.05, 0) is 35.9 Å². The lowest BCUT2D eigenvalue weighted by Crippen LogP contribution is -1.98. The first kappa shape index (κ1) is 17.9. The summed E-state index contributed by atoms with van der Waals surface area (Å²) in [6.45, 7) is 0. The molecule has 0 spiro atoms. The topological polar surface area (TPSA) is 98.0 Å². The van der Waals surface area contributed by atoms with Crippen LogP contribution in [0.4, 0.5) is 0 Å². The van der Waals surface area contributed by atoms with Crippen molar-refractivity contribution in [3.05, 3.63) is 40.8 Å². The fraction of sp³-hybridized carbons (Fsp3) is 0.200. The molecular formula is C15H14N2O5S2. The highest BCUT2D eigenvalue weighted by Gasteiger charge is 2.17. The number of hydrogen-bond acceptors (Lipinski definition) is 8. The van der Waals surface area contributed by atoms with Crippen LogP contribution in [-0.2, 0) is 14.4 Å². The number of benzene rings is 1. The summed E-state index contributed by atoms with van der Waals surface area (Å²) < 4.78 is 36.7. The molecule has 0 saturated heterocycles. The van der Waals surface area contributed by atoms with Gasteiger partial charge < -0.3 is 9.47 Å². The molecule has 7 nitrogen and oxygen atoms in total. The molecule has 1 aromatic carbocycles. The molecule has 1 aromatic rings. The summed E-state index contributed by atoms with van der Waals surface area (Å²) in [5, 5.41) is 13.4. The average molecular weight is 366 g/mol. The largest absolute Gasteiger partial charge is 0.493 e. The van der Waals surface area contributed by atoms with Crippen molar-refractivity contribution in [1.29, 1.82) is 5.26 Å². The second kappa shape index (κ2) is 7.42. The summed E-state index contributed by atoms with van der Waals surface area (Å²) in [5.41, 5.74) is 1.05. The normalized spacial score (nSPS) is 17.5. The number of hydrogen-bond donors (Lipinski definition) is 0. The van der Waals surface area contributed by atoms with Gasteiger partial charge in [-0.25, -0.2) is 0 Å². The monoisotopic (exact) mass is 366 g/mol. The predicted octanol–water partition coefficient (Wildman–Crippen LogP) is 2.53. The summed E-state index contributed by atoms with van der Waals surface area (Å²) in [7, 11) is -0.629. The highest BCUT2D eigenvalue weighted by Crippen LogP contribution is 2.36. The predicted molar refractivity (Wildman–Crippen MR) is 92.2 cm³/mol. The Morgan fingerprint density at radius 1 is 1.21 bits per heavy atom. The molecule has 0 fully saturated rings. The summed E-state index contributed by atoms with van der Waals surface area (Å²) >= 11 is 1.14. The van der Waals surface area contributed by atoms with Crippen molar-refractivity contribution in [2.24, 2.45) is 5.16 Å². The van der Waals surface area contributed by atoms with Crippen molar-refractivity contribution in [1.82, 2.24) is 0 Å². The fourth-order valence-electron chi connectivity index (χ4n) is 1.87. The molecule has 24 heavy (non-hydrogen) atoms. The first-order valence-electron chi connectivity index (χ1n) is 6.57. The quantitative estimate of drug-likeness (QED) is 0.583. The summed E-state index contributed by atoms with van der Waals surface area (Å²) in [6.07, 6.45) is 4.15. The molecule has 126 valence electrons. The first-order valence-corrected chi connectivity index (χ1v) is 9.20.